The van der Waals surface area contributed by atoms with E-state index in [-0.39, 0.29) is 12.0 Å². The van der Waals surface area contributed by atoms with Crippen LogP contribution in [-0.4, -0.2) is 27.2 Å². The number of halogens is 1. The third-order valence-corrected chi connectivity index (χ3v) is 2.14. The minimum Gasteiger partial charge on any atom is -0.479 e. The molecule has 1 N–H and O–H groups in total. The van der Waals surface area contributed by atoms with Gasteiger partial charge in [0.2, 0.25) is 0 Å². The normalized spacial score (nSPS) is 10.1. The van der Waals surface area contributed by atoms with Gasteiger partial charge in [0.05, 0.1) is 7.11 Å². The van der Waals surface area contributed by atoms with E-state index in [9.17, 15) is 5.11 Å². The lowest BCUT2D eigenvalue weighted by atomic mass is 10.2. The fourth-order valence-electron chi connectivity index (χ4n) is 1.17. The van der Waals surface area contributed by atoms with Crippen LogP contribution >= 0.6 is 11.6 Å². The number of hydrogen-bond donors (Lipinski definition) is 1. The SMILES string of the molecule is COc1nc(O)nc(-c2ccc(Cl)cc2)n1. The zero-order valence-corrected chi connectivity index (χ0v) is 9.14. The number of methoxy groups -OCH3 is 1. The fourth-order valence-corrected chi connectivity index (χ4v) is 1.29. The zero-order chi connectivity index (χ0) is 11.5. The van der Waals surface area contributed by atoms with Crippen LogP contribution in [0.15, 0.2) is 24.3 Å². The highest BCUT2D eigenvalue weighted by Gasteiger charge is 2.07. The number of aromatic nitrogens is 3. The van der Waals surface area contributed by atoms with Crippen LogP contribution < -0.4 is 4.74 Å². The van der Waals surface area contributed by atoms with E-state index in [1.54, 1.807) is 24.3 Å². The van der Waals surface area contributed by atoms with Crippen LogP contribution in [-0.2, 0) is 0 Å². The Morgan fingerprint density at radius 1 is 1.12 bits per heavy atom. The van der Waals surface area contributed by atoms with E-state index in [4.69, 9.17) is 16.3 Å². The monoisotopic (exact) mass is 237 g/mol. The molecule has 0 spiro atoms. The Balaban J connectivity index is 2.47. The van der Waals surface area contributed by atoms with Crippen LogP contribution in [0.3, 0.4) is 0 Å². The van der Waals surface area contributed by atoms with Crippen LogP contribution in [0.1, 0.15) is 0 Å². The van der Waals surface area contributed by atoms with Crippen molar-refractivity contribution in [3.63, 3.8) is 0 Å². The molecule has 0 amide bonds. The summed E-state index contributed by atoms with van der Waals surface area (Å²) in [5.74, 6) is 0.334. The molecule has 0 fully saturated rings. The van der Waals surface area contributed by atoms with Gasteiger partial charge in [-0.2, -0.15) is 9.97 Å². The van der Waals surface area contributed by atoms with Crippen LogP contribution in [0.4, 0.5) is 0 Å². The summed E-state index contributed by atoms with van der Waals surface area (Å²) >= 11 is 5.76. The summed E-state index contributed by atoms with van der Waals surface area (Å²) in [6.45, 7) is 0. The van der Waals surface area contributed by atoms with Gasteiger partial charge in [0, 0.05) is 10.6 Å². The summed E-state index contributed by atoms with van der Waals surface area (Å²) in [6.07, 6.45) is 0. The van der Waals surface area contributed by atoms with E-state index in [1.807, 2.05) is 0 Å². The number of nitrogens with zero attached hydrogens (tertiary/aromatic N) is 3. The summed E-state index contributed by atoms with van der Waals surface area (Å²) in [6, 6.07) is 6.61. The van der Waals surface area contributed by atoms with E-state index < -0.39 is 0 Å². The Morgan fingerprint density at radius 3 is 2.44 bits per heavy atom. The molecular formula is C10H8ClN3O2. The van der Waals surface area contributed by atoms with E-state index in [0.717, 1.165) is 5.56 Å². The van der Waals surface area contributed by atoms with E-state index in [0.29, 0.717) is 10.8 Å². The third kappa shape index (κ3) is 2.20. The Labute approximate surface area is 96.7 Å². The molecule has 6 heteroatoms. The lowest BCUT2D eigenvalue weighted by Gasteiger charge is -2.02. The minimum absolute atomic E-state index is 0.0671. The number of hydrogen-bond acceptors (Lipinski definition) is 5. The first-order valence-corrected chi connectivity index (χ1v) is 4.82. The van der Waals surface area contributed by atoms with Gasteiger partial charge in [-0.15, -0.1) is 4.98 Å². The number of aromatic hydroxyl groups is 1. The van der Waals surface area contributed by atoms with Crippen molar-refractivity contribution in [3.05, 3.63) is 29.3 Å². The van der Waals surface area contributed by atoms with Crippen molar-refractivity contribution in [3.8, 4) is 23.4 Å². The number of rotatable bonds is 2. The molecule has 0 aliphatic carbocycles. The lowest BCUT2D eigenvalue weighted by Crippen LogP contribution is -1.97. The van der Waals surface area contributed by atoms with Gasteiger partial charge in [0.15, 0.2) is 5.82 Å². The van der Waals surface area contributed by atoms with Crippen molar-refractivity contribution < 1.29 is 9.84 Å². The van der Waals surface area contributed by atoms with Crippen molar-refractivity contribution in [2.75, 3.05) is 7.11 Å². The Bertz CT molecular complexity index is 502. The van der Waals surface area contributed by atoms with Gasteiger partial charge >= 0.3 is 12.0 Å². The second-order valence-corrected chi connectivity index (χ2v) is 3.39. The molecule has 2 aromatic rings. The molecule has 1 aromatic carbocycles. The highest BCUT2D eigenvalue weighted by atomic mass is 35.5. The average Bonchev–Trinajstić information content (AvgIpc) is 2.29. The average molecular weight is 238 g/mol. The molecule has 0 saturated heterocycles. The first kappa shape index (κ1) is 10.6. The summed E-state index contributed by atoms with van der Waals surface area (Å²) < 4.78 is 4.83. The molecule has 1 aromatic heterocycles. The largest absolute Gasteiger partial charge is 0.479 e. The molecule has 0 unspecified atom stereocenters. The fraction of sp³-hybridized carbons (Fsp3) is 0.100. The Hall–Kier alpha value is -1.88. The van der Waals surface area contributed by atoms with Crippen molar-refractivity contribution in [2.24, 2.45) is 0 Å². The number of ether oxygens (including phenoxy) is 1. The van der Waals surface area contributed by atoms with Gasteiger partial charge in [-0.3, -0.25) is 0 Å². The van der Waals surface area contributed by atoms with E-state index in [2.05, 4.69) is 15.0 Å². The highest BCUT2D eigenvalue weighted by Crippen LogP contribution is 2.20. The molecule has 0 saturated carbocycles. The zero-order valence-electron chi connectivity index (χ0n) is 8.38. The van der Waals surface area contributed by atoms with Crippen molar-refractivity contribution in [1.82, 2.24) is 15.0 Å². The van der Waals surface area contributed by atoms with Crippen molar-refractivity contribution >= 4 is 11.6 Å². The molecule has 0 aliphatic heterocycles. The van der Waals surface area contributed by atoms with Crippen LogP contribution in [0, 0.1) is 0 Å². The van der Waals surface area contributed by atoms with Gasteiger partial charge in [-0.25, -0.2) is 0 Å². The first-order valence-electron chi connectivity index (χ1n) is 4.44. The quantitative estimate of drug-likeness (QED) is 0.864. The van der Waals surface area contributed by atoms with Crippen LogP contribution in [0.25, 0.3) is 11.4 Å². The van der Waals surface area contributed by atoms with Gasteiger partial charge in [-0.05, 0) is 24.3 Å². The summed E-state index contributed by atoms with van der Waals surface area (Å²) in [7, 11) is 1.42. The van der Waals surface area contributed by atoms with Gasteiger partial charge in [0.25, 0.3) is 0 Å². The maximum atomic E-state index is 9.27. The predicted octanol–water partition coefficient (Wildman–Crippen LogP) is 1.91. The maximum Gasteiger partial charge on any atom is 0.322 e. The van der Waals surface area contributed by atoms with Gasteiger partial charge < -0.3 is 9.84 Å². The lowest BCUT2D eigenvalue weighted by molar-refractivity contribution is 0.356. The molecule has 5 nitrogen and oxygen atoms in total. The number of benzene rings is 1. The van der Waals surface area contributed by atoms with Crippen LogP contribution in [0.5, 0.6) is 12.0 Å². The van der Waals surface area contributed by atoms with Crippen LogP contribution in [0.2, 0.25) is 5.02 Å². The van der Waals surface area contributed by atoms with E-state index in [1.165, 1.54) is 7.11 Å². The predicted molar refractivity (Wildman–Crippen MR) is 58.5 cm³/mol. The maximum absolute atomic E-state index is 9.27. The molecule has 0 radical (unpaired) electrons. The standard InChI is InChI=1S/C10H8ClN3O2/c1-16-10-13-8(12-9(15)14-10)6-2-4-7(11)5-3-6/h2-5H,1H3,(H,12,13,14,15). The smallest absolute Gasteiger partial charge is 0.322 e. The van der Waals surface area contributed by atoms with Gasteiger partial charge in [-0.1, -0.05) is 11.6 Å². The minimum atomic E-state index is -0.378. The van der Waals surface area contributed by atoms with Crippen molar-refractivity contribution in [1.29, 1.82) is 0 Å². The summed E-state index contributed by atoms with van der Waals surface area (Å²) in [4.78, 5) is 11.4. The molecule has 2 rings (SSSR count). The molecule has 0 atom stereocenters. The van der Waals surface area contributed by atoms with Gasteiger partial charge in [0.1, 0.15) is 0 Å². The molecule has 0 bridgehead atoms. The molecule has 16 heavy (non-hydrogen) atoms. The summed E-state index contributed by atoms with van der Waals surface area (Å²) in [5.41, 5.74) is 0.723. The Morgan fingerprint density at radius 2 is 1.81 bits per heavy atom. The molecular weight excluding hydrogens is 230 g/mol. The van der Waals surface area contributed by atoms with Crippen molar-refractivity contribution in [2.45, 2.75) is 0 Å². The molecule has 1 heterocycles. The highest BCUT2D eigenvalue weighted by molar-refractivity contribution is 6.30. The second-order valence-electron chi connectivity index (χ2n) is 2.95. The topological polar surface area (TPSA) is 68.1 Å². The third-order valence-electron chi connectivity index (χ3n) is 1.89. The first-order chi connectivity index (χ1) is 7.69. The Kier molecular flexibility index (Phi) is 2.87. The van der Waals surface area contributed by atoms with E-state index >= 15 is 0 Å². The molecule has 0 aliphatic rings. The summed E-state index contributed by atoms with van der Waals surface area (Å²) in [5, 5.41) is 9.89. The molecule has 82 valence electrons. The second kappa shape index (κ2) is 4.32.